The summed E-state index contributed by atoms with van der Waals surface area (Å²) in [4.78, 5) is 14.4. The van der Waals surface area contributed by atoms with Gasteiger partial charge in [0.1, 0.15) is 5.75 Å². The SMILES string of the molecule is Cc1cc(NCCc2cc(C#N)ccc2O)ccc1C(=O)N1CCCC1. The van der Waals surface area contributed by atoms with Crippen molar-refractivity contribution in [3.63, 3.8) is 0 Å². The first-order valence-corrected chi connectivity index (χ1v) is 8.94. The number of phenolic OH excluding ortho intramolecular Hbond substituents is 1. The lowest BCUT2D eigenvalue weighted by molar-refractivity contribution is 0.0792. The first-order chi connectivity index (χ1) is 12.6. The maximum Gasteiger partial charge on any atom is 0.254 e. The van der Waals surface area contributed by atoms with E-state index in [0.29, 0.717) is 18.5 Å². The average molecular weight is 349 g/mol. The molecule has 0 spiro atoms. The van der Waals surface area contributed by atoms with Crippen molar-refractivity contribution in [3.8, 4) is 11.8 Å². The zero-order valence-electron chi connectivity index (χ0n) is 15.0. The second-order valence-corrected chi connectivity index (χ2v) is 6.66. The molecule has 0 unspecified atom stereocenters. The average Bonchev–Trinajstić information content (AvgIpc) is 3.17. The van der Waals surface area contributed by atoms with Gasteiger partial charge in [0.05, 0.1) is 11.6 Å². The second-order valence-electron chi connectivity index (χ2n) is 6.66. The van der Waals surface area contributed by atoms with Gasteiger partial charge in [-0.2, -0.15) is 5.26 Å². The zero-order valence-corrected chi connectivity index (χ0v) is 15.0. The summed E-state index contributed by atoms with van der Waals surface area (Å²) >= 11 is 0. The van der Waals surface area contributed by atoms with Crippen LogP contribution in [0.1, 0.15) is 39.9 Å². The fourth-order valence-electron chi connectivity index (χ4n) is 3.30. The maximum atomic E-state index is 12.5. The maximum absolute atomic E-state index is 12.5. The van der Waals surface area contributed by atoms with E-state index < -0.39 is 0 Å². The molecule has 1 aliphatic rings. The minimum absolute atomic E-state index is 0.116. The molecule has 0 saturated carbocycles. The van der Waals surface area contributed by atoms with Crippen molar-refractivity contribution in [2.45, 2.75) is 26.2 Å². The Bertz CT molecular complexity index is 849. The third-order valence-electron chi connectivity index (χ3n) is 4.78. The summed E-state index contributed by atoms with van der Waals surface area (Å²) < 4.78 is 0. The largest absolute Gasteiger partial charge is 0.508 e. The number of aryl methyl sites for hydroxylation is 1. The Balaban J connectivity index is 1.61. The molecule has 0 aromatic heterocycles. The van der Waals surface area contributed by atoms with E-state index in [9.17, 15) is 9.90 Å². The number of nitrogens with zero attached hydrogens (tertiary/aromatic N) is 2. The van der Waals surface area contributed by atoms with E-state index in [4.69, 9.17) is 5.26 Å². The summed E-state index contributed by atoms with van der Waals surface area (Å²) in [5.74, 6) is 0.318. The Kier molecular flexibility index (Phi) is 5.43. The smallest absolute Gasteiger partial charge is 0.254 e. The lowest BCUT2D eigenvalue weighted by Crippen LogP contribution is -2.28. The van der Waals surface area contributed by atoms with Gasteiger partial charge in [-0.05, 0) is 73.7 Å². The molecule has 0 aliphatic carbocycles. The van der Waals surface area contributed by atoms with Crippen LogP contribution in [0.5, 0.6) is 5.75 Å². The quantitative estimate of drug-likeness (QED) is 0.867. The van der Waals surface area contributed by atoms with Gasteiger partial charge in [-0.15, -0.1) is 0 Å². The topological polar surface area (TPSA) is 76.4 Å². The summed E-state index contributed by atoms with van der Waals surface area (Å²) in [5, 5.41) is 22.2. The van der Waals surface area contributed by atoms with Crippen molar-refractivity contribution in [2.75, 3.05) is 25.0 Å². The minimum atomic E-state index is 0.116. The van der Waals surface area contributed by atoms with Gasteiger partial charge in [-0.3, -0.25) is 4.79 Å². The number of anilines is 1. The van der Waals surface area contributed by atoms with E-state index >= 15 is 0 Å². The molecule has 3 rings (SSSR count). The van der Waals surface area contributed by atoms with Crippen molar-refractivity contribution in [3.05, 3.63) is 58.7 Å². The number of aromatic hydroxyl groups is 1. The number of carbonyl (C=O) groups excluding carboxylic acids is 1. The molecule has 1 heterocycles. The molecule has 1 aliphatic heterocycles. The molecule has 134 valence electrons. The highest BCUT2D eigenvalue weighted by atomic mass is 16.3. The predicted octanol–water partition coefficient (Wildman–Crippen LogP) is 3.46. The molecular weight excluding hydrogens is 326 g/mol. The number of nitriles is 1. The van der Waals surface area contributed by atoms with E-state index in [1.165, 1.54) is 0 Å². The van der Waals surface area contributed by atoms with Crippen LogP contribution in [0.2, 0.25) is 0 Å². The van der Waals surface area contributed by atoms with E-state index in [2.05, 4.69) is 11.4 Å². The monoisotopic (exact) mass is 349 g/mol. The van der Waals surface area contributed by atoms with Crippen LogP contribution in [0.15, 0.2) is 36.4 Å². The van der Waals surface area contributed by atoms with Crippen molar-refractivity contribution in [1.82, 2.24) is 4.90 Å². The lowest BCUT2D eigenvalue weighted by atomic mass is 10.1. The molecule has 5 heteroatoms. The number of nitrogens with one attached hydrogen (secondary N) is 1. The highest BCUT2D eigenvalue weighted by Gasteiger charge is 2.20. The Labute approximate surface area is 153 Å². The van der Waals surface area contributed by atoms with Crippen molar-refractivity contribution in [2.24, 2.45) is 0 Å². The molecule has 2 aromatic carbocycles. The molecule has 5 nitrogen and oxygen atoms in total. The first kappa shape index (κ1) is 17.8. The van der Waals surface area contributed by atoms with Gasteiger partial charge in [0.25, 0.3) is 5.91 Å². The number of hydrogen-bond donors (Lipinski definition) is 2. The van der Waals surface area contributed by atoms with Gasteiger partial charge in [0, 0.05) is 30.9 Å². The van der Waals surface area contributed by atoms with Crippen LogP contribution in [0, 0.1) is 18.3 Å². The highest BCUT2D eigenvalue weighted by Crippen LogP contribution is 2.21. The highest BCUT2D eigenvalue weighted by molar-refractivity contribution is 5.96. The minimum Gasteiger partial charge on any atom is -0.508 e. The van der Waals surface area contributed by atoms with Crippen molar-refractivity contribution >= 4 is 11.6 Å². The van der Waals surface area contributed by atoms with Gasteiger partial charge in [0.2, 0.25) is 0 Å². The number of benzene rings is 2. The number of likely N-dealkylation sites (tertiary alicyclic amines) is 1. The Morgan fingerprint density at radius 1 is 1.23 bits per heavy atom. The zero-order chi connectivity index (χ0) is 18.5. The number of hydrogen-bond acceptors (Lipinski definition) is 4. The second kappa shape index (κ2) is 7.92. The van der Waals surface area contributed by atoms with Gasteiger partial charge in [-0.1, -0.05) is 0 Å². The third kappa shape index (κ3) is 3.97. The van der Waals surface area contributed by atoms with Crippen molar-refractivity contribution < 1.29 is 9.90 Å². The molecule has 1 amide bonds. The first-order valence-electron chi connectivity index (χ1n) is 8.94. The standard InChI is InChI=1S/C21H23N3O2/c1-15-12-18(5-6-19(15)21(26)24-10-2-3-11-24)23-9-8-17-13-16(14-22)4-7-20(17)25/h4-7,12-13,23,25H,2-3,8-11H2,1H3. The summed E-state index contributed by atoms with van der Waals surface area (Å²) in [7, 11) is 0. The molecule has 2 aromatic rings. The molecule has 1 saturated heterocycles. The van der Waals surface area contributed by atoms with E-state index in [1.54, 1.807) is 18.2 Å². The van der Waals surface area contributed by atoms with Gasteiger partial charge in [-0.25, -0.2) is 0 Å². The van der Waals surface area contributed by atoms with Crippen LogP contribution in [-0.2, 0) is 6.42 Å². The molecule has 0 bridgehead atoms. The predicted molar refractivity (Wildman–Crippen MR) is 101 cm³/mol. The van der Waals surface area contributed by atoms with Crippen LogP contribution < -0.4 is 5.32 Å². The van der Waals surface area contributed by atoms with Crippen LogP contribution in [0.25, 0.3) is 0 Å². The molecule has 0 radical (unpaired) electrons. The van der Waals surface area contributed by atoms with Crippen molar-refractivity contribution in [1.29, 1.82) is 5.26 Å². The third-order valence-corrected chi connectivity index (χ3v) is 4.78. The van der Waals surface area contributed by atoms with Gasteiger partial charge >= 0.3 is 0 Å². The number of phenols is 1. The Hall–Kier alpha value is -3.00. The van der Waals surface area contributed by atoms with E-state index in [-0.39, 0.29) is 11.7 Å². The molecule has 26 heavy (non-hydrogen) atoms. The Morgan fingerprint density at radius 2 is 2.00 bits per heavy atom. The lowest BCUT2D eigenvalue weighted by Gasteiger charge is -2.17. The summed E-state index contributed by atoms with van der Waals surface area (Å²) in [5.41, 5.74) is 3.95. The number of rotatable bonds is 5. The van der Waals surface area contributed by atoms with Gasteiger partial charge in [0.15, 0.2) is 0 Å². The molecule has 2 N–H and O–H groups in total. The summed E-state index contributed by atoms with van der Waals surface area (Å²) in [6.45, 7) is 4.28. The van der Waals surface area contributed by atoms with Crippen LogP contribution in [-0.4, -0.2) is 35.5 Å². The van der Waals surface area contributed by atoms with E-state index in [1.807, 2.05) is 30.0 Å². The van der Waals surface area contributed by atoms with Crippen LogP contribution in [0.3, 0.4) is 0 Å². The number of amides is 1. The van der Waals surface area contributed by atoms with Gasteiger partial charge < -0.3 is 15.3 Å². The molecule has 1 fully saturated rings. The Morgan fingerprint density at radius 3 is 2.69 bits per heavy atom. The fourth-order valence-corrected chi connectivity index (χ4v) is 3.30. The van der Waals surface area contributed by atoms with E-state index in [0.717, 1.165) is 48.3 Å². The molecular formula is C21H23N3O2. The normalized spacial score (nSPS) is 13.5. The summed E-state index contributed by atoms with van der Waals surface area (Å²) in [6.07, 6.45) is 2.78. The summed E-state index contributed by atoms with van der Waals surface area (Å²) in [6, 6.07) is 12.7. The number of carbonyl (C=O) groups is 1. The molecule has 0 atom stereocenters. The fraction of sp³-hybridized carbons (Fsp3) is 0.333. The van der Waals surface area contributed by atoms with Crippen LogP contribution >= 0.6 is 0 Å². The van der Waals surface area contributed by atoms with Crippen LogP contribution in [0.4, 0.5) is 5.69 Å².